The molecule has 2 aromatic heterocycles. The molecule has 16 heteroatoms. The number of aromatic nitrogens is 4. The van der Waals surface area contributed by atoms with Crippen LogP contribution in [0.15, 0.2) is 42.7 Å². The Balaban J connectivity index is 1.09. The summed E-state index contributed by atoms with van der Waals surface area (Å²) in [6.45, 7) is 4.36. The third-order valence-corrected chi connectivity index (χ3v) is 10.7. The van der Waals surface area contributed by atoms with Crippen molar-refractivity contribution in [3.63, 3.8) is 0 Å². The van der Waals surface area contributed by atoms with Crippen LogP contribution in [0.2, 0.25) is 10.2 Å². The van der Waals surface area contributed by atoms with Gasteiger partial charge in [0.15, 0.2) is 17.5 Å². The molecule has 2 aliphatic rings. The first-order chi connectivity index (χ1) is 24.8. The van der Waals surface area contributed by atoms with E-state index in [1.54, 1.807) is 11.0 Å². The fraction of sp³-hybridized carbons (Fsp3) is 0.417. The second-order valence-electron chi connectivity index (χ2n) is 13.8. The number of rotatable bonds is 9. The van der Waals surface area contributed by atoms with Crippen molar-refractivity contribution < 1.29 is 32.4 Å². The predicted octanol–water partition coefficient (Wildman–Crippen LogP) is 5.21. The molecule has 0 spiro atoms. The molecule has 6 rings (SSSR count). The van der Waals surface area contributed by atoms with Gasteiger partial charge in [0.25, 0.3) is 11.8 Å². The number of ether oxygens (including phenoxy) is 1. The fourth-order valence-corrected chi connectivity index (χ4v) is 7.28. The van der Waals surface area contributed by atoms with Gasteiger partial charge >= 0.3 is 0 Å². The molecule has 276 valence electrons. The molecule has 0 atom stereocenters. The summed E-state index contributed by atoms with van der Waals surface area (Å²) in [4.78, 5) is 47.5. The van der Waals surface area contributed by atoms with Crippen LogP contribution >= 0.6 is 23.2 Å². The molecular formula is C36H41Cl2F2N8O4+. The molecule has 52 heavy (non-hydrogen) atoms. The van der Waals surface area contributed by atoms with Crippen LogP contribution < -0.4 is 5.32 Å². The van der Waals surface area contributed by atoms with Gasteiger partial charge in [-0.2, -0.15) is 5.10 Å². The molecule has 0 saturated carbocycles. The second-order valence-corrected chi connectivity index (χ2v) is 14.6. The number of likely N-dealkylation sites (tertiary alicyclic amines) is 1. The van der Waals surface area contributed by atoms with E-state index < -0.39 is 17.5 Å². The van der Waals surface area contributed by atoms with Crippen LogP contribution in [0.4, 0.5) is 14.5 Å². The van der Waals surface area contributed by atoms with Crippen molar-refractivity contribution in [3.05, 3.63) is 75.9 Å². The molecule has 0 bridgehead atoms. The van der Waals surface area contributed by atoms with Gasteiger partial charge in [0.1, 0.15) is 5.15 Å². The lowest BCUT2D eigenvalue weighted by Crippen LogP contribution is -2.54. The standard InChI is InChI=1S/C36H40Cl2F2N8O4/c1-44-29(26-8-7-24(30(39)31(26)40)27-20-42-47(32(27)38)15-18-52-4)21-41-33(44)34(49)43-23-5-6-25(28(37)19-23)36(51)46-13-11-45(12-14-46)35(50)22-9-16-48(2,3)17-10-22/h5-8,19-22H,9-18H2,1-4H3/p+1. The average Bonchev–Trinajstić information content (AvgIpc) is 3.69. The minimum absolute atomic E-state index is 0.0350. The molecule has 1 N–H and O–H groups in total. The van der Waals surface area contributed by atoms with E-state index in [0.717, 1.165) is 30.4 Å². The van der Waals surface area contributed by atoms with Gasteiger partial charge in [-0.1, -0.05) is 29.3 Å². The highest BCUT2D eigenvalue weighted by atomic mass is 35.5. The Hall–Kier alpha value is -4.37. The predicted molar refractivity (Wildman–Crippen MR) is 193 cm³/mol. The zero-order valence-electron chi connectivity index (χ0n) is 29.5. The first-order valence-electron chi connectivity index (χ1n) is 17.0. The Labute approximate surface area is 310 Å². The summed E-state index contributed by atoms with van der Waals surface area (Å²) < 4.78 is 39.6. The molecule has 0 aliphatic carbocycles. The fourth-order valence-electron chi connectivity index (χ4n) is 6.74. The van der Waals surface area contributed by atoms with Crippen molar-refractivity contribution in [1.82, 2.24) is 29.1 Å². The minimum Gasteiger partial charge on any atom is -0.383 e. The number of nitrogens with zero attached hydrogens (tertiary/aromatic N) is 7. The van der Waals surface area contributed by atoms with Gasteiger partial charge in [-0.25, -0.2) is 13.8 Å². The Bertz CT molecular complexity index is 2000. The molecule has 2 saturated heterocycles. The summed E-state index contributed by atoms with van der Waals surface area (Å²) in [5.74, 6) is -3.01. The first kappa shape index (κ1) is 37.4. The van der Waals surface area contributed by atoms with Crippen molar-refractivity contribution >= 4 is 46.6 Å². The Kier molecular flexibility index (Phi) is 11.0. The number of imidazole rings is 1. The van der Waals surface area contributed by atoms with Crippen LogP contribution in [0.25, 0.3) is 22.4 Å². The number of halogens is 4. The number of benzene rings is 2. The van der Waals surface area contributed by atoms with Crippen LogP contribution in [-0.2, 0) is 23.1 Å². The zero-order valence-corrected chi connectivity index (χ0v) is 31.0. The quantitative estimate of drug-likeness (QED) is 0.235. The van der Waals surface area contributed by atoms with Crippen LogP contribution in [0.1, 0.15) is 33.8 Å². The SMILES string of the molecule is COCCn1ncc(-c2ccc(-c3cnc(C(=O)Nc4ccc(C(=O)N5CCN(C(=O)C6CC[N+](C)(C)CC6)CC5)c(Cl)c4)n3C)c(F)c2F)c1Cl. The van der Waals surface area contributed by atoms with E-state index in [2.05, 4.69) is 29.5 Å². The average molecular weight is 759 g/mol. The highest BCUT2D eigenvalue weighted by Crippen LogP contribution is 2.35. The minimum atomic E-state index is -1.14. The van der Waals surface area contributed by atoms with Crippen LogP contribution in [0, 0.1) is 17.6 Å². The van der Waals surface area contributed by atoms with E-state index >= 15 is 8.78 Å². The smallest absolute Gasteiger partial charge is 0.291 e. The number of piperidine rings is 1. The van der Waals surface area contributed by atoms with Gasteiger partial charge < -0.3 is 28.9 Å². The molecule has 0 unspecified atom stereocenters. The van der Waals surface area contributed by atoms with E-state index in [9.17, 15) is 14.4 Å². The lowest BCUT2D eigenvalue weighted by molar-refractivity contribution is -0.895. The van der Waals surface area contributed by atoms with E-state index in [4.69, 9.17) is 27.9 Å². The van der Waals surface area contributed by atoms with E-state index in [1.807, 2.05) is 4.90 Å². The van der Waals surface area contributed by atoms with Crippen molar-refractivity contribution in [2.24, 2.45) is 13.0 Å². The number of quaternary nitrogens is 1. The summed E-state index contributed by atoms with van der Waals surface area (Å²) in [7, 11) is 7.41. The maximum absolute atomic E-state index is 15.5. The molecular weight excluding hydrogens is 717 g/mol. The third-order valence-electron chi connectivity index (χ3n) is 9.97. The van der Waals surface area contributed by atoms with E-state index in [1.165, 1.54) is 60.1 Å². The number of carbonyl (C=O) groups is 3. The van der Waals surface area contributed by atoms with Gasteiger partial charge in [-0.3, -0.25) is 19.1 Å². The number of amides is 3. The highest BCUT2D eigenvalue weighted by Gasteiger charge is 2.35. The number of piperazine rings is 1. The van der Waals surface area contributed by atoms with Gasteiger partial charge in [0.05, 0.1) is 69.0 Å². The number of nitrogens with one attached hydrogen (secondary N) is 1. The summed E-state index contributed by atoms with van der Waals surface area (Å²) >= 11 is 12.9. The Morgan fingerprint density at radius 3 is 2.27 bits per heavy atom. The number of methoxy groups -OCH3 is 1. The maximum Gasteiger partial charge on any atom is 0.291 e. The molecule has 0 radical (unpaired) electrons. The van der Waals surface area contributed by atoms with Crippen molar-refractivity contribution in [2.45, 2.75) is 19.4 Å². The first-order valence-corrected chi connectivity index (χ1v) is 17.8. The normalized spacial score (nSPS) is 16.3. The molecule has 2 aromatic carbocycles. The van der Waals surface area contributed by atoms with Crippen LogP contribution in [-0.4, -0.2) is 118 Å². The largest absolute Gasteiger partial charge is 0.383 e. The van der Waals surface area contributed by atoms with Crippen molar-refractivity contribution in [1.29, 1.82) is 0 Å². The molecule has 2 aliphatic heterocycles. The summed E-state index contributed by atoms with van der Waals surface area (Å²) in [5, 5.41) is 7.13. The molecule has 4 aromatic rings. The second kappa shape index (κ2) is 15.3. The van der Waals surface area contributed by atoms with E-state index in [-0.39, 0.29) is 61.7 Å². The number of carbonyl (C=O) groups excluding carboxylic acids is 3. The summed E-state index contributed by atoms with van der Waals surface area (Å²) in [6, 6.07) is 7.35. The zero-order chi connectivity index (χ0) is 37.3. The molecule has 2 fully saturated rings. The Morgan fingerprint density at radius 2 is 1.60 bits per heavy atom. The third kappa shape index (κ3) is 7.56. The Morgan fingerprint density at radius 1 is 0.942 bits per heavy atom. The van der Waals surface area contributed by atoms with Gasteiger partial charge in [-0.05, 0) is 24.3 Å². The summed E-state index contributed by atoms with van der Waals surface area (Å²) in [5.41, 5.74) is 0.805. The highest BCUT2D eigenvalue weighted by molar-refractivity contribution is 6.34. The monoisotopic (exact) mass is 757 g/mol. The topological polar surface area (TPSA) is 115 Å². The van der Waals surface area contributed by atoms with Crippen LogP contribution in [0.5, 0.6) is 0 Å². The molecule has 12 nitrogen and oxygen atoms in total. The van der Waals surface area contributed by atoms with Gasteiger partial charge in [-0.15, -0.1) is 0 Å². The van der Waals surface area contributed by atoms with Crippen molar-refractivity contribution in [3.8, 4) is 22.4 Å². The summed E-state index contributed by atoms with van der Waals surface area (Å²) in [6.07, 6.45) is 4.38. The van der Waals surface area contributed by atoms with E-state index in [0.29, 0.717) is 45.0 Å². The lowest BCUT2D eigenvalue weighted by atomic mass is 9.94. The number of hydrogen-bond acceptors (Lipinski definition) is 6. The maximum atomic E-state index is 15.5. The lowest BCUT2D eigenvalue weighted by Gasteiger charge is -2.40. The molecule has 4 heterocycles. The van der Waals surface area contributed by atoms with Gasteiger partial charge in [0, 0.05) is 81.5 Å². The molecule has 3 amide bonds. The number of hydrogen-bond donors (Lipinski definition) is 1. The van der Waals surface area contributed by atoms with Gasteiger partial charge in [0.2, 0.25) is 5.91 Å². The van der Waals surface area contributed by atoms with Crippen LogP contribution in [0.3, 0.4) is 0 Å². The van der Waals surface area contributed by atoms with Crippen molar-refractivity contribution in [2.75, 3.05) is 72.4 Å². The number of anilines is 1.